The van der Waals surface area contributed by atoms with Crippen LogP contribution in [-0.2, 0) is 20.7 Å². The minimum Gasteiger partial charge on any atom is -0.351 e. The molecule has 0 unspecified atom stereocenters. The van der Waals surface area contributed by atoms with E-state index in [1.54, 1.807) is 0 Å². The molecule has 0 saturated heterocycles. The maximum absolute atomic E-state index is 13.5. The van der Waals surface area contributed by atoms with Gasteiger partial charge in [-0.2, -0.15) is 0 Å². The first kappa shape index (κ1) is 23.7. The van der Waals surface area contributed by atoms with Crippen molar-refractivity contribution in [1.82, 2.24) is 4.90 Å². The van der Waals surface area contributed by atoms with E-state index in [-0.39, 0.29) is 5.91 Å². The molecule has 5 nitrogen and oxygen atoms in total. The normalized spacial score (nSPS) is 16.0. The molecule has 0 aliphatic heterocycles. The molecular formula is C26H38N2O3. The molecule has 3 rings (SSSR count). The van der Waals surface area contributed by atoms with E-state index in [0.717, 1.165) is 17.5 Å². The number of amides is 1. The van der Waals surface area contributed by atoms with Crippen LogP contribution in [0.15, 0.2) is 42.5 Å². The molecule has 0 heterocycles. The van der Waals surface area contributed by atoms with Gasteiger partial charge in [-0.3, -0.25) is 4.79 Å². The Balaban J connectivity index is 1.74. The average molecular weight is 427 g/mol. The van der Waals surface area contributed by atoms with Gasteiger partial charge in [-0.25, -0.2) is 0 Å². The summed E-state index contributed by atoms with van der Waals surface area (Å²) in [6, 6.07) is 13.9. The lowest BCUT2D eigenvalue weighted by molar-refractivity contribution is -0.160. The number of rotatable bonds is 11. The third-order valence-electron chi connectivity index (χ3n) is 6.23. The van der Waals surface area contributed by atoms with E-state index in [9.17, 15) is 4.79 Å². The highest BCUT2D eigenvalue weighted by Gasteiger charge is 2.28. The Bertz CT molecular complexity index is 808. The molecule has 2 aromatic rings. The summed E-state index contributed by atoms with van der Waals surface area (Å²) in [7, 11) is 0. The second kappa shape index (κ2) is 12.2. The van der Waals surface area contributed by atoms with Crippen molar-refractivity contribution in [2.24, 2.45) is 11.7 Å². The first-order valence-electron chi connectivity index (χ1n) is 11.9. The van der Waals surface area contributed by atoms with Gasteiger partial charge < -0.3 is 20.1 Å². The molecule has 1 atom stereocenters. The zero-order chi connectivity index (χ0) is 22.1. The summed E-state index contributed by atoms with van der Waals surface area (Å²) in [6.07, 6.45) is 6.25. The van der Waals surface area contributed by atoms with Crippen LogP contribution in [0, 0.1) is 5.92 Å². The molecule has 0 spiro atoms. The van der Waals surface area contributed by atoms with Gasteiger partial charge in [-0.15, -0.1) is 0 Å². The van der Waals surface area contributed by atoms with Crippen molar-refractivity contribution in [3.63, 3.8) is 0 Å². The maximum Gasteiger partial charge on any atom is 0.240 e. The van der Waals surface area contributed by atoms with Crippen molar-refractivity contribution in [3.8, 4) is 0 Å². The van der Waals surface area contributed by atoms with E-state index in [1.165, 1.54) is 37.5 Å². The Hall–Kier alpha value is -1.95. The van der Waals surface area contributed by atoms with Crippen LogP contribution in [0.3, 0.4) is 0 Å². The standard InChI is InChI=1S/C26H38N2O3/c1-3-30-25(31-4-2)19-28(18-20-11-6-5-7-12-20)26(29)24(27)17-22-15-10-14-21-13-8-9-16-23(21)22/h8-10,13-16,20,24-25H,3-7,11-12,17-19,27H2,1-2H3/t24-/m0/s1. The second-order valence-corrected chi connectivity index (χ2v) is 8.54. The minimum atomic E-state index is -0.585. The van der Waals surface area contributed by atoms with Crippen LogP contribution in [-0.4, -0.2) is 49.4 Å². The third-order valence-corrected chi connectivity index (χ3v) is 6.23. The first-order valence-corrected chi connectivity index (χ1v) is 11.9. The molecule has 1 fully saturated rings. The number of hydrogen-bond acceptors (Lipinski definition) is 4. The van der Waals surface area contributed by atoms with Crippen LogP contribution in [0.2, 0.25) is 0 Å². The monoisotopic (exact) mass is 426 g/mol. The van der Waals surface area contributed by atoms with Gasteiger partial charge in [0.05, 0.1) is 12.6 Å². The summed E-state index contributed by atoms with van der Waals surface area (Å²) in [5.41, 5.74) is 7.61. The van der Waals surface area contributed by atoms with Crippen LogP contribution in [0.25, 0.3) is 10.8 Å². The summed E-state index contributed by atoms with van der Waals surface area (Å²) in [5.74, 6) is 0.522. The van der Waals surface area contributed by atoms with Gasteiger partial charge in [-0.05, 0) is 55.4 Å². The lowest BCUT2D eigenvalue weighted by Gasteiger charge is -2.33. The van der Waals surface area contributed by atoms with Gasteiger partial charge >= 0.3 is 0 Å². The number of benzene rings is 2. The highest BCUT2D eigenvalue weighted by Crippen LogP contribution is 2.25. The molecule has 31 heavy (non-hydrogen) atoms. The smallest absolute Gasteiger partial charge is 0.240 e. The fourth-order valence-electron chi connectivity index (χ4n) is 4.67. The topological polar surface area (TPSA) is 64.8 Å². The van der Waals surface area contributed by atoms with Gasteiger partial charge in [0.25, 0.3) is 0 Å². The summed E-state index contributed by atoms with van der Waals surface area (Å²) < 4.78 is 11.5. The summed E-state index contributed by atoms with van der Waals surface area (Å²) in [6.45, 7) is 6.17. The van der Waals surface area contributed by atoms with Crippen LogP contribution in [0.4, 0.5) is 0 Å². The number of fused-ring (bicyclic) bond motifs is 1. The van der Waals surface area contributed by atoms with Gasteiger partial charge in [0.2, 0.25) is 5.91 Å². The fourth-order valence-corrected chi connectivity index (χ4v) is 4.67. The molecule has 170 valence electrons. The van der Waals surface area contributed by atoms with E-state index < -0.39 is 12.3 Å². The molecule has 2 N–H and O–H groups in total. The van der Waals surface area contributed by atoms with E-state index in [1.807, 2.05) is 36.9 Å². The van der Waals surface area contributed by atoms with Gasteiger partial charge in [-0.1, -0.05) is 61.7 Å². The van der Waals surface area contributed by atoms with Crippen molar-refractivity contribution < 1.29 is 14.3 Å². The molecular weight excluding hydrogens is 388 g/mol. The number of ether oxygens (including phenoxy) is 2. The van der Waals surface area contributed by atoms with Gasteiger partial charge in [0.1, 0.15) is 0 Å². The van der Waals surface area contributed by atoms with Gasteiger partial charge in [0.15, 0.2) is 6.29 Å². The first-order chi connectivity index (χ1) is 15.1. The molecule has 1 aliphatic carbocycles. The van der Waals surface area contributed by atoms with E-state index in [4.69, 9.17) is 15.2 Å². The highest BCUT2D eigenvalue weighted by molar-refractivity contribution is 5.87. The molecule has 2 aromatic carbocycles. The maximum atomic E-state index is 13.5. The summed E-state index contributed by atoms with van der Waals surface area (Å²) >= 11 is 0. The lowest BCUT2D eigenvalue weighted by atomic mass is 9.88. The van der Waals surface area contributed by atoms with Crippen molar-refractivity contribution in [2.45, 2.75) is 64.7 Å². The van der Waals surface area contributed by atoms with E-state index in [0.29, 0.717) is 32.1 Å². The zero-order valence-corrected chi connectivity index (χ0v) is 19.1. The predicted octanol–water partition coefficient (Wildman–Crippen LogP) is 4.52. The third kappa shape index (κ3) is 6.76. The largest absolute Gasteiger partial charge is 0.351 e. The molecule has 1 aliphatic rings. The second-order valence-electron chi connectivity index (χ2n) is 8.54. The molecule has 1 amide bonds. The minimum absolute atomic E-state index is 0.0112. The SMILES string of the molecule is CCOC(CN(CC1CCCCC1)C(=O)[C@@H](N)Cc1cccc2ccccc12)OCC. The Kier molecular flexibility index (Phi) is 9.31. The zero-order valence-electron chi connectivity index (χ0n) is 19.1. The van der Waals surface area contributed by atoms with Crippen molar-refractivity contribution >= 4 is 16.7 Å². The van der Waals surface area contributed by atoms with Crippen LogP contribution in [0.5, 0.6) is 0 Å². The van der Waals surface area contributed by atoms with Crippen molar-refractivity contribution in [3.05, 3.63) is 48.0 Å². The Morgan fingerprint density at radius 2 is 1.71 bits per heavy atom. The number of nitrogens with zero attached hydrogens (tertiary/aromatic N) is 1. The number of hydrogen-bond donors (Lipinski definition) is 1. The number of carbonyl (C=O) groups is 1. The fraction of sp³-hybridized carbons (Fsp3) is 0.577. The summed E-state index contributed by atoms with van der Waals surface area (Å²) in [4.78, 5) is 15.4. The molecule has 0 aromatic heterocycles. The quantitative estimate of drug-likeness (QED) is 0.537. The van der Waals surface area contributed by atoms with Crippen LogP contribution >= 0.6 is 0 Å². The highest BCUT2D eigenvalue weighted by atomic mass is 16.7. The predicted molar refractivity (Wildman–Crippen MR) is 126 cm³/mol. The molecule has 5 heteroatoms. The average Bonchev–Trinajstić information content (AvgIpc) is 2.79. The van der Waals surface area contributed by atoms with Crippen molar-refractivity contribution in [2.75, 3.05) is 26.3 Å². The van der Waals surface area contributed by atoms with E-state index >= 15 is 0 Å². The van der Waals surface area contributed by atoms with E-state index in [2.05, 4.69) is 24.3 Å². The van der Waals surface area contributed by atoms with Crippen molar-refractivity contribution in [1.29, 1.82) is 0 Å². The Labute approximate surface area is 186 Å². The van der Waals surface area contributed by atoms with Crippen LogP contribution < -0.4 is 5.73 Å². The molecule has 1 saturated carbocycles. The van der Waals surface area contributed by atoms with Crippen LogP contribution in [0.1, 0.15) is 51.5 Å². The Morgan fingerprint density at radius 3 is 2.42 bits per heavy atom. The number of nitrogens with two attached hydrogens (primary N) is 1. The van der Waals surface area contributed by atoms with Gasteiger partial charge in [0, 0.05) is 19.8 Å². The summed E-state index contributed by atoms with van der Waals surface area (Å²) in [5, 5.41) is 2.33. The lowest BCUT2D eigenvalue weighted by Crippen LogP contribution is -2.50. The molecule has 0 bridgehead atoms. The number of carbonyl (C=O) groups excluding carboxylic acids is 1. The Morgan fingerprint density at radius 1 is 1.03 bits per heavy atom. The molecule has 0 radical (unpaired) electrons.